The molecule has 0 unspecified atom stereocenters. The zero-order chi connectivity index (χ0) is 21.5. The number of carbonyl (C=O) groups is 1. The number of unbranched alkanes of at least 4 members (excludes halogenated alkanes) is 3. The van der Waals surface area contributed by atoms with E-state index in [1.165, 1.54) is 5.57 Å². The van der Waals surface area contributed by atoms with Crippen LogP contribution < -0.4 is 5.32 Å². The first-order valence-electron chi connectivity index (χ1n) is 10.7. The van der Waals surface area contributed by atoms with E-state index in [1.54, 1.807) is 6.20 Å². The van der Waals surface area contributed by atoms with Crippen molar-refractivity contribution in [2.75, 3.05) is 19.8 Å². The van der Waals surface area contributed by atoms with Crippen LogP contribution in [0.1, 0.15) is 37.7 Å². The van der Waals surface area contributed by atoms with Crippen LogP contribution >= 0.6 is 0 Å². The molecule has 0 aliphatic carbocycles. The van der Waals surface area contributed by atoms with E-state index in [9.17, 15) is 4.79 Å². The van der Waals surface area contributed by atoms with Gasteiger partial charge in [-0.2, -0.15) is 5.10 Å². The zero-order valence-corrected chi connectivity index (χ0v) is 17.5. The number of aryl methyl sites for hydroxylation is 1. The second kappa shape index (κ2) is 10.2. The number of nitrogens with one attached hydrogen (secondary N) is 1. The molecule has 4 rings (SSSR count). The van der Waals surface area contributed by atoms with Crippen LogP contribution in [0.2, 0.25) is 0 Å². The second-order valence-corrected chi connectivity index (χ2v) is 7.62. The lowest BCUT2D eigenvalue weighted by Crippen LogP contribution is -2.21. The molecule has 0 saturated carbocycles. The Bertz CT molecular complexity index is 1080. The van der Waals surface area contributed by atoms with Crippen molar-refractivity contribution in [3.63, 3.8) is 0 Å². The number of para-hydroxylation sites is 1. The van der Waals surface area contributed by atoms with Gasteiger partial charge in [-0.15, -0.1) is 0 Å². The Morgan fingerprint density at radius 1 is 1.19 bits per heavy atom. The Kier molecular flexibility index (Phi) is 6.89. The molecule has 0 radical (unpaired) electrons. The van der Waals surface area contributed by atoms with Crippen LogP contribution in [-0.2, 0) is 11.3 Å². The van der Waals surface area contributed by atoms with Crippen LogP contribution in [0.15, 0.2) is 42.9 Å². The van der Waals surface area contributed by atoms with E-state index < -0.39 is 6.09 Å². The molecule has 3 heterocycles. The smallest absolute Gasteiger partial charge is 0.404 e. The number of hydrogen-bond donors (Lipinski definition) is 2. The van der Waals surface area contributed by atoms with E-state index in [2.05, 4.69) is 27.5 Å². The molecule has 1 aromatic carbocycles. The summed E-state index contributed by atoms with van der Waals surface area (Å²) in [4.78, 5) is 20.0. The molecule has 8 nitrogen and oxygen atoms in total. The van der Waals surface area contributed by atoms with Crippen LogP contribution in [0.4, 0.5) is 4.79 Å². The van der Waals surface area contributed by atoms with Gasteiger partial charge in [0.15, 0.2) is 0 Å². The summed E-state index contributed by atoms with van der Waals surface area (Å²) in [5, 5.41) is 15.4. The SMILES string of the molecule is O=C(O)NCCCCCCn1cc(-c2cnc3cccc(C4=CCOCC4)c3n2)cn1. The third-order valence-corrected chi connectivity index (χ3v) is 5.40. The van der Waals surface area contributed by atoms with Crippen molar-refractivity contribution >= 4 is 22.7 Å². The standard InChI is InChI=1S/C23H27N5O3/c29-23(30)24-10-3-1-2-4-11-28-16-18(14-26-28)21-15-25-20-7-5-6-19(22(20)27-21)17-8-12-31-13-9-17/h5-8,14-16,24H,1-4,9-13H2,(H,29,30). The van der Waals surface area contributed by atoms with E-state index in [0.717, 1.165) is 73.1 Å². The molecule has 0 spiro atoms. The Labute approximate surface area is 181 Å². The number of nitrogens with zero attached hydrogens (tertiary/aromatic N) is 4. The van der Waals surface area contributed by atoms with E-state index in [4.69, 9.17) is 14.8 Å². The average molecular weight is 422 g/mol. The largest absolute Gasteiger partial charge is 0.465 e. The van der Waals surface area contributed by atoms with Crippen molar-refractivity contribution in [3.8, 4) is 11.3 Å². The van der Waals surface area contributed by atoms with Crippen molar-refractivity contribution in [3.05, 3.63) is 48.4 Å². The van der Waals surface area contributed by atoms with Crippen LogP contribution in [0, 0.1) is 0 Å². The number of amides is 1. The fourth-order valence-electron chi connectivity index (χ4n) is 3.77. The van der Waals surface area contributed by atoms with Crippen molar-refractivity contribution in [2.24, 2.45) is 0 Å². The number of ether oxygens (including phenoxy) is 1. The summed E-state index contributed by atoms with van der Waals surface area (Å²) in [6.07, 6.45) is 11.6. The first-order chi connectivity index (χ1) is 15.2. The maximum atomic E-state index is 10.4. The maximum Gasteiger partial charge on any atom is 0.404 e. The number of hydrogen-bond acceptors (Lipinski definition) is 5. The van der Waals surface area contributed by atoms with E-state index in [0.29, 0.717) is 13.2 Å². The van der Waals surface area contributed by atoms with E-state index in [1.807, 2.05) is 29.2 Å². The van der Waals surface area contributed by atoms with Gasteiger partial charge in [-0.3, -0.25) is 9.67 Å². The fourth-order valence-corrected chi connectivity index (χ4v) is 3.77. The Morgan fingerprint density at radius 3 is 2.94 bits per heavy atom. The minimum absolute atomic E-state index is 0.508. The molecule has 0 bridgehead atoms. The lowest BCUT2D eigenvalue weighted by Gasteiger charge is -2.15. The van der Waals surface area contributed by atoms with Gasteiger partial charge >= 0.3 is 6.09 Å². The lowest BCUT2D eigenvalue weighted by atomic mass is 10.00. The van der Waals surface area contributed by atoms with Gasteiger partial charge < -0.3 is 15.2 Å². The van der Waals surface area contributed by atoms with Gasteiger partial charge in [0.2, 0.25) is 0 Å². The molecular formula is C23H27N5O3. The molecule has 162 valence electrons. The Balaban J connectivity index is 1.41. The maximum absolute atomic E-state index is 10.4. The topological polar surface area (TPSA) is 102 Å². The molecule has 8 heteroatoms. The van der Waals surface area contributed by atoms with Crippen molar-refractivity contribution in [2.45, 2.75) is 38.6 Å². The minimum atomic E-state index is -0.961. The third kappa shape index (κ3) is 5.46. The van der Waals surface area contributed by atoms with Crippen LogP contribution in [0.25, 0.3) is 27.9 Å². The molecule has 1 aliphatic heterocycles. The second-order valence-electron chi connectivity index (χ2n) is 7.62. The van der Waals surface area contributed by atoms with Crippen molar-refractivity contribution in [1.82, 2.24) is 25.1 Å². The highest BCUT2D eigenvalue weighted by Gasteiger charge is 2.13. The quantitative estimate of drug-likeness (QED) is 0.504. The molecule has 31 heavy (non-hydrogen) atoms. The normalized spacial score (nSPS) is 13.9. The minimum Gasteiger partial charge on any atom is -0.465 e. The van der Waals surface area contributed by atoms with Crippen molar-refractivity contribution < 1.29 is 14.6 Å². The Hall–Kier alpha value is -3.26. The van der Waals surface area contributed by atoms with Crippen molar-refractivity contribution in [1.29, 1.82) is 0 Å². The van der Waals surface area contributed by atoms with E-state index in [-0.39, 0.29) is 0 Å². The molecule has 0 saturated heterocycles. The molecule has 0 fully saturated rings. The molecule has 0 atom stereocenters. The van der Waals surface area contributed by atoms with Gasteiger partial charge in [0, 0.05) is 30.4 Å². The zero-order valence-electron chi connectivity index (χ0n) is 17.5. The summed E-state index contributed by atoms with van der Waals surface area (Å²) in [6.45, 7) is 2.71. The van der Waals surface area contributed by atoms with Gasteiger partial charge in [0.1, 0.15) is 0 Å². The summed E-state index contributed by atoms with van der Waals surface area (Å²) in [5.41, 5.74) is 5.96. The molecule has 1 amide bonds. The highest BCUT2D eigenvalue weighted by molar-refractivity contribution is 5.90. The summed E-state index contributed by atoms with van der Waals surface area (Å²) < 4.78 is 7.38. The van der Waals surface area contributed by atoms with Crippen LogP contribution in [-0.4, -0.2) is 50.7 Å². The summed E-state index contributed by atoms with van der Waals surface area (Å²) in [5.74, 6) is 0. The molecule has 2 aromatic heterocycles. The van der Waals surface area contributed by atoms with Gasteiger partial charge in [0.25, 0.3) is 0 Å². The first-order valence-corrected chi connectivity index (χ1v) is 10.7. The summed E-state index contributed by atoms with van der Waals surface area (Å²) in [7, 11) is 0. The number of rotatable bonds is 9. The number of fused-ring (bicyclic) bond motifs is 1. The highest BCUT2D eigenvalue weighted by atomic mass is 16.5. The number of benzene rings is 1. The first kappa shape index (κ1) is 21.0. The molecule has 1 aliphatic rings. The van der Waals surface area contributed by atoms with Gasteiger partial charge in [-0.25, -0.2) is 9.78 Å². The highest BCUT2D eigenvalue weighted by Crippen LogP contribution is 2.28. The van der Waals surface area contributed by atoms with E-state index >= 15 is 0 Å². The molecule has 2 N–H and O–H groups in total. The van der Waals surface area contributed by atoms with Gasteiger partial charge in [-0.1, -0.05) is 31.1 Å². The monoisotopic (exact) mass is 421 g/mol. The predicted molar refractivity (Wildman–Crippen MR) is 119 cm³/mol. The predicted octanol–water partition coefficient (Wildman–Crippen LogP) is 4.13. The van der Waals surface area contributed by atoms with Gasteiger partial charge in [0.05, 0.1) is 42.3 Å². The number of aromatic nitrogens is 4. The molecular weight excluding hydrogens is 394 g/mol. The molecule has 3 aromatic rings. The average Bonchev–Trinajstić information content (AvgIpc) is 3.27. The fraction of sp³-hybridized carbons (Fsp3) is 0.391. The van der Waals surface area contributed by atoms with Crippen LogP contribution in [0.3, 0.4) is 0 Å². The third-order valence-electron chi connectivity index (χ3n) is 5.40. The summed E-state index contributed by atoms with van der Waals surface area (Å²) in [6, 6.07) is 6.12. The van der Waals surface area contributed by atoms with Crippen LogP contribution in [0.5, 0.6) is 0 Å². The summed E-state index contributed by atoms with van der Waals surface area (Å²) >= 11 is 0. The Morgan fingerprint density at radius 2 is 2.10 bits per heavy atom. The lowest BCUT2D eigenvalue weighted by molar-refractivity contribution is 0.161. The van der Waals surface area contributed by atoms with Gasteiger partial charge in [-0.05, 0) is 30.9 Å². The number of carboxylic acid groups (broad SMARTS) is 1.